The monoisotopic (exact) mass is 361 g/mol. The number of alkyl halides is 6. The molecule has 0 radical (unpaired) electrons. The van der Waals surface area contributed by atoms with Gasteiger partial charge in [-0.15, -0.1) is 0 Å². The molecule has 0 aromatic heterocycles. The van der Waals surface area contributed by atoms with Crippen LogP contribution in [0.15, 0.2) is 42.5 Å². The zero-order valence-electron chi connectivity index (χ0n) is 12.2. The summed E-state index contributed by atoms with van der Waals surface area (Å²) in [4.78, 5) is 23.8. The van der Waals surface area contributed by atoms with E-state index >= 15 is 0 Å². The maximum Gasteiger partial charge on any atom is 0.417 e. The van der Waals surface area contributed by atoms with Gasteiger partial charge in [-0.2, -0.15) is 26.3 Å². The first-order chi connectivity index (χ1) is 11.4. The van der Waals surface area contributed by atoms with E-state index in [1.807, 2.05) is 0 Å². The van der Waals surface area contributed by atoms with Gasteiger partial charge < -0.3 is 5.73 Å². The predicted molar refractivity (Wildman–Crippen MR) is 74.8 cm³/mol. The zero-order chi connectivity index (χ0) is 19.0. The first kappa shape index (κ1) is 18.5. The molecule has 0 aliphatic rings. The van der Waals surface area contributed by atoms with Gasteiger partial charge in [-0.3, -0.25) is 9.59 Å². The zero-order valence-corrected chi connectivity index (χ0v) is 12.2. The lowest BCUT2D eigenvalue weighted by Gasteiger charge is -2.19. The molecule has 9 heteroatoms. The molecule has 2 aromatic carbocycles. The van der Waals surface area contributed by atoms with Crippen LogP contribution in [-0.2, 0) is 12.4 Å². The molecule has 0 aliphatic carbocycles. The summed E-state index contributed by atoms with van der Waals surface area (Å²) in [5.41, 5.74) is -1.15. The molecule has 2 rings (SSSR count). The van der Waals surface area contributed by atoms with Crippen molar-refractivity contribution in [3.05, 3.63) is 70.3 Å². The van der Waals surface area contributed by atoms with Gasteiger partial charge in [0.05, 0.1) is 16.7 Å². The molecule has 2 N–H and O–H groups in total. The predicted octanol–water partition coefficient (Wildman–Crippen LogP) is 4.05. The van der Waals surface area contributed by atoms with Gasteiger partial charge in [0.2, 0.25) is 5.91 Å². The minimum Gasteiger partial charge on any atom is -0.366 e. The van der Waals surface area contributed by atoms with Crippen molar-refractivity contribution in [1.82, 2.24) is 0 Å². The molecule has 0 saturated carbocycles. The van der Waals surface area contributed by atoms with Gasteiger partial charge in [-0.25, -0.2) is 0 Å². The van der Waals surface area contributed by atoms with E-state index in [2.05, 4.69) is 0 Å². The third-order valence-corrected chi connectivity index (χ3v) is 3.34. The van der Waals surface area contributed by atoms with Gasteiger partial charge in [0.25, 0.3) is 0 Å². The second-order valence-corrected chi connectivity index (χ2v) is 4.96. The Bertz CT molecular complexity index is 839. The molecule has 2 aromatic rings. The maximum absolute atomic E-state index is 13.2. The molecule has 132 valence electrons. The Morgan fingerprint density at radius 3 is 1.72 bits per heavy atom. The highest BCUT2D eigenvalue weighted by atomic mass is 19.4. The number of ketones is 1. The minimum atomic E-state index is -5.43. The number of hydrogen-bond acceptors (Lipinski definition) is 2. The first-order valence-corrected chi connectivity index (χ1v) is 6.65. The Labute approximate surface area is 137 Å². The van der Waals surface area contributed by atoms with E-state index < -0.39 is 51.9 Å². The van der Waals surface area contributed by atoms with Crippen LogP contribution in [0.25, 0.3) is 0 Å². The van der Waals surface area contributed by atoms with Gasteiger partial charge in [-0.1, -0.05) is 30.3 Å². The van der Waals surface area contributed by atoms with Crippen LogP contribution in [0, 0.1) is 0 Å². The highest BCUT2D eigenvalue weighted by Crippen LogP contribution is 2.42. The van der Waals surface area contributed by atoms with Crippen LogP contribution in [0.2, 0.25) is 0 Å². The summed E-state index contributed by atoms with van der Waals surface area (Å²) < 4.78 is 78.5. The van der Waals surface area contributed by atoms with Crippen LogP contribution >= 0.6 is 0 Å². The number of benzene rings is 2. The third-order valence-electron chi connectivity index (χ3n) is 3.34. The Hall–Kier alpha value is -2.84. The second kappa shape index (κ2) is 6.23. The Kier molecular flexibility index (Phi) is 4.61. The van der Waals surface area contributed by atoms with Crippen molar-refractivity contribution in [1.29, 1.82) is 0 Å². The number of amides is 1. The van der Waals surface area contributed by atoms with Gasteiger partial charge in [0.15, 0.2) is 5.78 Å². The lowest BCUT2D eigenvalue weighted by molar-refractivity contribution is -0.162. The topological polar surface area (TPSA) is 60.2 Å². The van der Waals surface area contributed by atoms with E-state index in [9.17, 15) is 35.9 Å². The van der Waals surface area contributed by atoms with E-state index in [1.54, 1.807) is 0 Å². The Morgan fingerprint density at radius 2 is 1.24 bits per heavy atom. The van der Waals surface area contributed by atoms with Crippen molar-refractivity contribution in [2.24, 2.45) is 5.73 Å². The molecule has 0 fully saturated rings. The molecule has 3 nitrogen and oxygen atoms in total. The van der Waals surface area contributed by atoms with Gasteiger partial charge in [-0.05, 0) is 12.1 Å². The molecular formula is C16H9F6NO2. The number of carbonyl (C=O) groups is 2. The standard InChI is InChI=1S/C16H9F6NO2/c17-15(18,19)11-7-3-6-10(12(11)16(20,21)22)13(24)8-4-1-2-5-9(8)14(23)25/h1-7H,(H2,23,25). The average molecular weight is 361 g/mol. The Balaban J connectivity index is 2.77. The van der Waals surface area contributed by atoms with Gasteiger partial charge in [0.1, 0.15) is 0 Å². The van der Waals surface area contributed by atoms with Gasteiger partial charge >= 0.3 is 12.4 Å². The van der Waals surface area contributed by atoms with E-state index in [0.717, 1.165) is 12.1 Å². The lowest BCUT2D eigenvalue weighted by Crippen LogP contribution is -2.23. The van der Waals surface area contributed by atoms with Crippen LogP contribution in [0.1, 0.15) is 37.4 Å². The highest BCUT2D eigenvalue weighted by Gasteiger charge is 2.45. The van der Waals surface area contributed by atoms with Crippen molar-refractivity contribution in [2.45, 2.75) is 12.4 Å². The number of halogens is 6. The number of primary amides is 1. The summed E-state index contributed by atoms with van der Waals surface area (Å²) in [6.07, 6.45) is -10.7. The minimum absolute atomic E-state index is 0.236. The quantitative estimate of drug-likeness (QED) is 0.662. The van der Waals surface area contributed by atoms with Crippen molar-refractivity contribution in [2.75, 3.05) is 0 Å². The summed E-state index contributed by atoms with van der Waals surface area (Å²) >= 11 is 0. The first-order valence-electron chi connectivity index (χ1n) is 6.65. The summed E-state index contributed by atoms with van der Waals surface area (Å²) in [7, 11) is 0. The Morgan fingerprint density at radius 1 is 0.720 bits per heavy atom. The lowest BCUT2D eigenvalue weighted by atomic mass is 9.91. The molecule has 0 atom stereocenters. The normalized spacial score (nSPS) is 12.1. The molecule has 1 amide bonds. The maximum atomic E-state index is 13.2. The number of nitrogens with two attached hydrogens (primary N) is 1. The molecular weight excluding hydrogens is 352 g/mol. The van der Waals surface area contributed by atoms with E-state index in [1.165, 1.54) is 12.1 Å². The van der Waals surface area contributed by atoms with E-state index in [4.69, 9.17) is 5.73 Å². The second-order valence-electron chi connectivity index (χ2n) is 4.96. The molecule has 25 heavy (non-hydrogen) atoms. The SMILES string of the molecule is NC(=O)c1ccccc1C(=O)c1cccc(C(F)(F)F)c1C(F)(F)F. The number of carbonyl (C=O) groups excluding carboxylic acids is 2. The average Bonchev–Trinajstić information content (AvgIpc) is 2.51. The molecule has 0 bridgehead atoms. The third kappa shape index (κ3) is 3.65. The van der Waals surface area contributed by atoms with Crippen molar-refractivity contribution < 1.29 is 35.9 Å². The van der Waals surface area contributed by atoms with Crippen molar-refractivity contribution in [3.8, 4) is 0 Å². The fourth-order valence-corrected chi connectivity index (χ4v) is 2.32. The fourth-order valence-electron chi connectivity index (χ4n) is 2.32. The molecule has 0 unspecified atom stereocenters. The van der Waals surface area contributed by atoms with E-state index in [0.29, 0.717) is 12.1 Å². The highest BCUT2D eigenvalue weighted by molar-refractivity contribution is 6.15. The van der Waals surface area contributed by atoms with Crippen LogP contribution in [0.5, 0.6) is 0 Å². The summed E-state index contributed by atoms with van der Waals surface area (Å²) in [5, 5.41) is 0. The fraction of sp³-hybridized carbons (Fsp3) is 0.125. The number of rotatable bonds is 3. The largest absolute Gasteiger partial charge is 0.417 e. The van der Waals surface area contributed by atoms with Crippen molar-refractivity contribution >= 4 is 11.7 Å². The summed E-state index contributed by atoms with van der Waals surface area (Å²) in [6, 6.07) is 6.23. The smallest absolute Gasteiger partial charge is 0.366 e. The number of hydrogen-bond donors (Lipinski definition) is 1. The molecule has 0 spiro atoms. The molecule has 0 aliphatic heterocycles. The molecule has 0 heterocycles. The molecule has 0 saturated heterocycles. The van der Waals surface area contributed by atoms with Crippen LogP contribution in [0.3, 0.4) is 0 Å². The van der Waals surface area contributed by atoms with Crippen LogP contribution < -0.4 is 5.73 Å². The van der Waals surface area contributed by atoms with Crippen molar-refractivity contribution in [3.63, 3.8) is 0 Å². The van der Waals surface area contributed by atoms with Crippen LogP contribution in [0.4, 0.5) is 26.3 Å². The van der Waals surface area contributed by atoms with Crippen LogP contribution in [-0.4, -0.2) is 11.7 Å². The summed E-state index contributed by atoms with van der Waals surface area (Å²) in [5.74, 6) is -2.47. The van der Waals surface area contributed by atoms with E-state index in [-0.39, 0.29) is 6.07 Å². The summed E-state index contributed by atoms with van der Waals surface area (Å²) in [6.45, 7) is 0. The van der Waals surface area contributed by atoms with Gasteiger partial charge in [0, 0.05) is 11.1 Å².